The summed E-state index contributed by atoms with van der Waals surface area (Å²) >= 11 is 0. The van der Waals surface area contributed by atoms with Crippen LogP contribution in [0.4, 0.5) is 4.79 Å². The maximum absolute atomic E-state index is 12.7. The van der Waals surface area contributed by atoms with E-state index in [1.807, 2.05) is 43.9 Å². The van der Waals surface area contributed by atoms with Crippen molar-refractivity contribution in [3.05, 3.63) is 35.9 Å². The largest absolute Gasteiger partial charge is 0.444 e. The fraction of sp³-hybridized carbons (Fsp3) is 0.579. The second-order valence-electron chi connectivity index (χ2n) is 8.04. The highest BCUT2D eigenvalue weighted by molar-refractivity contribution is 5.73. The van der Waals surface area contributed by atoms with E-state index in [2.05, 4.69) is 17.3 Å². The van der Waals surface area contributed by atoms with Crippen LogP contribution in [0.15, 0.2) is 35.5 Å². The lowest BCUT2D eigenvalue weighted by molar-refractivity contribution is 0.0208. The molecule has 0 unspecified atom stereocenters. The van der Waals surface area contributed by atoms with E-state index < -0.39 is 5.60 Å². The smallest absolute Gasteiger partial charge is 0.410 e. The van der Waals surface area contributed by atoms with Crippen LogP contribution in [-0.4, -0.2) is 40.6 Å². The molecule has 1 N–H and O–H groups in total. The quantitative estimate of drug-likeness (QED) is 0.504. The first-order chi connectivity index (χ1) is 11.3. The summed E-state index contributed by atoms with van der Waals surface area (Å²) in [6, 6.07) is 10.4. The Morgan fingerprint density at radius 3 is 2.58 bits per heavy atom. The van der Waals surface area contributed by atoms with Gasteiger partial charge in [-0.2, -0.15) is 0 Å². The number of carbonyl (C=O) groups is 1. The molecular formula is C19H26N2O3. The molecule has 2 saturated carbocycles. The summed E-state index contributed by atoms with van der Waals surface area (Å²) in [6.45, 7) is 6.20. The number of amides is 1. The lowest BCUT2D eigenvalue weighted by atomic mass is 10.1. The number of rotatable bonds is 5. The minimum Gasteiger partial charge on any atom is -0.444 e. The van der Waals surface area contributed by atoms with Crippen LogP contribution in [-0.2, 0) is 4.74 Å². The molecule has 2 aliphatic rings. The van der Waals surface area contributed by atoms with Crippen LogP contribution in [0.3, 0.4) is 0 Å². The normalized spacial score (nSPS) is 24.6. The van der Waals surface area contributed by atoms with E-state index in [0.29, 0.717) is 12.5 Å². The van der Waals surface area contributed by atoms with Crippen LogP contribution in [0.5, 0.6) is 0 Å². The van der Waals surface area contributed by atoms with Crippen LogP contribution in [0.2, 0.25) is 0 Å². The Bertz CT molecular complexity index is 617. The van der Waals surface area contributed by atoms with E-state index in [4.69, 9.17) is 9.94 Å². The van der Waals surface area contributed by atoms with Crippen molar-refractivity contribution in [2.75, 3.05) is 6.54 Å². The fourth-order valence-corrected chi connectivity index (χ4v) is 3.17. The molecule has 0 heterocycles. The van der Waals surface area contributed by atoms with Gasteiger partial charge in [-0.1, -0.05) is 30.3 Å². The third-order valence-electron chi connectivity index (χ3n) is 4.72. The van der Waals surface area contributed by atoms with E-state index in [1.165, 1.54) is 5.56 Å². The lowest BCUT2D eigenvalue weighted by Crippen LogP contribution is -2.42. The number of carbonyl (C=O) groups excluding carboxylic acids is 1. The number of nitrogens with zero attached hydrogens (tertiary/aromatic N) is 2. The minimum absolute atomic E-state index is 0.159. The zero-order chi connectivity index (χ0) is 17.4. The zero-order valence-corrected chi connectivity index (χ0v) is 14.6. The van der Waals surface area contributed by atoms with Crippen LogP contribution in [0.1, 0.15) is 51.5 Å². The van der Waals surface area contributed by atoms with Gasteiger partial charge in [-0.25, -0.2) is 4.79 Å². The first-order valence-electron chi connectivity index (χ1n) is 8.57. The number of ether oxygens (including phenoxy) is 1. The molecule has 0 spiro atoms. The van der Waals surface area contributed by atoms with Gasteiger partial charge in [-0.15, -0.1) is 5.16 Å². The predicted octanol–water partition coefficient (Wildman–Crippen LogP) is 4.02. The molecule has 24 heavy (non-hydrogen) atoms. The molecule has 3 rings (SSSR count). The van der Waals surface area contributed by atoms with Gasteiger partial charge in [0.25, 0.3) is 0 Å². The maximum atomic E-state index is 12.7. The Balaban J connectivity index is 1.75. The lowest BCUT2D eigenvalue weighted by Gasteiger charge is -2.29. The highest BCUT2D eigenvalue weighted by Gasteiger charge is 2.51. The van der Waals surface area contributed by atoms with Gasteiger partial charge in [0, 0.05) is 23.9 Å². The van der Waals surface area contributed by atoms with Crippen molar-refractivity contribution in [1.82, 2.24) is 4.90 Å². The van der Waals surface area contributed by atoms with Gasteiger partial charge in [0.05, 0.1) is 6.21 Å². The fourth-order valence-electron chi connectivity index (χ4n) is 3.17. The van der Waals surface area contributed by atoms with E-state index in [-0.39, 0.29) is 17.6 Å². The minimum atomic E-state index is -0.520. The van der Waals surface area contributed by atoms with Crippen molar-refractivity contribution in [3.63, 3.8) is 0 Å². The van der Waals surface area contributed by atoms with Crippen LogP contribution in [0, 0.1) is 5.41 Å². The summed E-state index contributed by atoms with van der Waals surface area (Å²) in [5, 5.41) is 12.1. The van der Waals surface area contributed by atoms with Gasteiger partial charge in [-0.3, -0.25) is 0 Å². The van der Waals surface area contributed by atoms with E-state index >= 15 is 0 Å². The summed E-state index contributed by atoms with van der Waals surface area (Å²) < 4.78 is 5.62. The van der Waals surface area contributed by atoms with Crippen molar-refractivity contribution in [2.45, 2.75) is 57.6 Å². The van der Waals surface area contributed by atoms with Gasteiger partial charge >= 0.3 is 6.09 Å². The van der Waals surface area contributed by atoms with E-state index in [0.717, 1.165) is 19.3 Å². The van der Waals surface area contributed by atoms with Gasteiger partial charge in [-0.05, 0) is 45.6 Å². The highest BCUT2D eigenvalue weighted by Crippen LogP contribution is 2.50. The monoisotopic (exact) mass is 330 g/mol. The first kappa shape index (κ1) is 16.8. The average molecular weight is 330 g/mol. The molecule has 2 aliphatic carbocycles. The summed E-state index contributed by atoms with van der Waals surface area (Å²) in [5.74, 6) is 0.362. The third kappa shape index (κ3) is 3.89. The van der Waals surface area contributed by atoms with Gasteiger partial charge in [0.1, 0.15) is 5.60 Å². The van der Waals surface area contributed by atoms with E-state index in [1.54, 1.807) is 6.21 Å². The summed E-state index contributed by atoms with van der Waals surface area (Å²) in [5.41, 5.74) is 0.556. The molecule has 0 aliphatic heterocycles. The van der Waals surface area contributed by atoms with Crippen molar-refractivity contribution in [2.24, 2.45) is 10.6 Å². The zero-order valence-electron chi connectivity index (χ0n) is 14.6. The number of hydrogen-bond acceptors (Lipinski definition) is 4. The number of benzene rings is 1. The molecule has 0 aromatic heterocycles. The number of oxime groups is 1. The van der Waals surface area contributed by atoms with Crippen LogP contribution < -0.4 is 0 Å². The molecule has 1 aromatic rings. The molecule has 0 radical (unpaired) electrons. The average Bonchev–Trinajstić information content (AvgIpc) is 3.40. The molecule has 5 nitrogen and oxygen atoms in total. The molecular weight excluding hydrogens is 304 g/mol. The van der Waals surface area contributed by atoms with Gasteiger partial charge in [0.2, 0.25) is 0 Å². The Morgan fingerprint density at radius 2 is 2.04 bits per heavy atom. The third-order valence-corrected chi connectivity index (χ3v) is 4.72. The molecule has 5 heteroatoms. The summed E-state index contributed by atoms with van der Waals surface area (Å²) in [7, 11) is 0. The molecule has 2 atom stereocenters. The van der Waals surface area contributed by atoms with Crippen molar-refractivity contribution < 1.29 is 14.7 Å². The molecule has 0 saturated heterocycles. The second kappa shape index (κ2) is 6.11. The molecule has 2 fully saturated rings. The predicted molar refractivity (Wildman–Crippen MR) is 92.5 cm³/mol. The Morgan fingerprint density at radius 1 is 1.38 bits per heavy atom. The van der Waals surface area contributed by atoms with Crippen molar-refractivity contribution in [1.29, 1.82) is 0 Å². The van der Waals surface area contributed by atoms with Crippen molar-refractivity contribution >= 4 is 12.3 Å². The summed E-state index contributed by atoms with van der Waals surface area (Å²) in [6.07, 6.45) is 4.14. The number of hydrogen-bond donors (Lipinski definition) is 1. The maximum Gasteiger partial charge on any atom is 0.410 e. The first-order valence-corrected chi connectivity index (χ1v) is 8.57. The summed E-state index contributed by atoms with van der Waals surface area (Å²) in [4.78, 5) is 14.6. The molecule has 1 aromatic carbocycles. The highest BCUT2D eigenvalue weighted by atomic mass is 16.6. The Hall–Kier alpha value is -2.04. The molecule has 0 bridgehead atoms. The van der Waals surface area contributed by atoms with Crippen LogP contribution >= 0.6 is 0 Å². The van der Waals surface area contributed by atoms with Gasteiger partial charge < -0.3 is 14.8 Å². The second-order valence-corrected chi connectivity index (χ2v) is 8.04. The Labute approximate surface area is 143 Å². The topological polar surface area (TPSA) is 62.1 Å². The van der Waals surface area contributed by atoms with Gasteiger partial charge in [0.15, 0.2) is 0 Å². The van der Waals surface area contributed by atoms with E-state index in [9.17, 15) is 4.79 Å². The standard InChI is InChI=1S/C19H26N2O3/c1-18(2,3)24-17(22)21(13-19(9-10-19)12-20-23)16-11-15(16)14-7-5-4-6-8-14/h4-8,12,15-16,23H,9-11,13H2,1-3H3/b20-12+/t15-,16+/m0/s1. The Kier molecular flexibility index (Phi) is 4.28. The SMILES string of the molecule is CC(C)(C)OC(=O)N(CC1(/C=N/O)CC1)[C@@H]1C[C@H]1c1ccccc1. The van der Waals surface area contributed by atoms with Crippen molar-refractivity contribution in [3.8, 4) is 0 Å². The molecule has 130 valence electrons. The van der Waals surface area contributed by atoms with Crippen LogP contribution in [0.25, 0.3) is 0 Å². The molecule has 1 amide bonds.